The van der Waals surface area contributed by atoms with Gasteiger partial charge in [-0.1, -0.05) is 37.3 Å². The SMILES string of the molecule is CCC(=O)Nc1ccc(S(=O)(=O)NCC(C)(C)NC(C)c2ccccc2)cc1. The maximum absolute atomic E-state index is 12.6. The summed E-state index contributed by atoms with van der Waals surface area (Å²) in [5.74, 6) is -0.117. The zero-order valence-corrected chi connectivity index (χ0v) is 17.6. The lowest BCUT2D eigenvalue weighted by molar-refractivity contribution is -0.115. The van der Waals surface area contributed by atoms with Gasteiger partial charge in [-0.3, -0.25) is 4.79 Å². The largest absolute Gasteiger partial charge is 0.326 e. The molecule has 0 bridgehead atoms. The molecule has 1 amide bonds. The number of nitrogens with one attached hydrogen (secondary N) is 3. The number of benzene rings is 2. The third-order valence-electron chi connectivity index (χ3n) is 4.38. The van der Waals surface area contributed by atoms with Crippen LogP contribution in [0.4, 0.5) is 5.69 Å². The lowest BCUT2D eigenvalue weighted by Crippen LogP contribution is -2.49. The second-order valence-corrected chi connectivity index (χ2v) is 9.18. The van der Waals surface area contributed by atoms with E-state index in [2.05, 4.69) is 22.3 Å². The van der Waals surface area contributed by atoms with Crippen LogP contribution >= 0.6 is 0 Å². The van der Waals surface area contributed by atoms with Crippen molar-refractivity contribution >= 4 is 21.6 Å². The van der Waals surface area contributed by atoms with E-state index in [0.717, 1.165) is 5.56 Å². The monoisotopic (exact) mass is 403 g/mol. The number of sulfonamides is 1. The predicted molar refractivity (Wildman–Crippen MR) is 113 cm³/mol. The van der Waals surface area contributed by atoms with Crippen molar-refractivity contribution in [1.82, 2.24) is 10.0 Å². The van der Waals surface area contributed by atoms with Crippen molar-refractivity contribution < 1.29 is 13.2 Å². The van der Waals surface area contributed by atoms with Crippen LogP contribution < -0.4 is 15.4 Å². The van der Waals surface area contributed by atoms with Crippen molar-refractivity contribution in [2.24, 2.45) is 0 Å². The molecule has 1 unspecified atom stereocenters. The summed E-state index contributed by atoms with van der Waals surface area (Å²) >= 11 is 0. The molecule has 0 saturated carbocycles. The molecule has 3 N–H and O–H groups in total. The van der Waals surface area contributed by atoms with E-state index < -0.39 is 15.6 Å². The Labute approximate surface area is 167 Å². The van der Waals surface area contributed by atoms with E-state index in [9.17, 15) is 13.2 Å². The van der Waals surface area contributed by atoms with Crippen molar-refractivity contribution in [2.45, 2.75) is 50.6 Å². The van der Waals surface area contributed by atoms with Crippen LogP contribution in [0.3, 0.4) is 0 Å². The van der Waals surface area contributed by atoms with Gasteiger partial charge in [0.05, 0.1) is 4.90 Å². The standard InChI is InChI=1S/C21H29N3O3S/c1-5-20(25)23-18-11-13-19(14-12-18)28(26,27)22-15-21(3,4)24-16(2)17-9-7-6-8-10-17/h6-14,16,22,24H,5,15H2,1-4H3,(H,23,25). The number of carbonyl (C=O) groups is 1. The highest BCUT2D eigenvalue weighted by molar-refractivity contribution is 7.89. The van der Waals surface area contributed by atoms with E-state index in [1.54, 1.807) is 19.1 Å². The number of rotatable bonds is 9. The molecule has 0 saturated heterocycles. The summed E-state index contributed by atoms with van der Waals surface area (Å²) in [4.78, 5) is 11.6. The van der Waals surface area contributed by atoms with E-state index in [1.807, 2.05) is 44.2 Å². The normalized spacial score (nSPS) is 13.1. The number of carbonyl (C=O) groups excluding carboxylic acids is 1. The van der Waals surface area contributed by atoms with Gasteiger partial charge in [-0.25, -0.2) is 13.1 Å². The Kier molecular flexibility index (Phi) is 7.35. The van der Waals surface area contributed by atoms with Crippen LogP contribution in [0.5, 0.6) is 0 Å². The minimum absolute atomic E-state index is 0.0853. The molecule has 7 heteroatoms. The van der Waals surface area contributed by atoms with Gasteiger partial charge in [0, 0.05) is 30.2 Å². The first-order valence-electron chi connectivity index (χ1n) is 9.35. The second kappa shape index (κ2) is 9.32. The summed E-state index contributed by atoms with van der Waals surface area (Å²) in [5, 5.41) is 6.16. The quantitative estimate of drug-likeness (QED) is 0.598. The Bertz CT molecular complexity index is 879. The fourth-order valence-corrected chi connectivity index (χ4v) is 4.00. The van der Waals surface area contributed by atoms with Crippen LogP contribution in [-0.4, -0.2) is 26.4 Å². The van der Waals surface area contributed by atoms with E-state index in [4.69, 9.17) is 0 Å². The maximum atomic E-state index is 12.6. The molecule has 0 aliphatic rings. The van der Waals surface area contributed by atoms with Gasteiger partial charge in [-0.05, 0) is 50.6 Å². The Balaban J connectivity index is 1.98. The fourth-order valence-electron chi connectivity index (χ4n) is 2.79. The molecule has 0 aliphatic carbocycles. The van der Waals surface area contributed by atoms with Crippen LogP contribution in [0.1, 0.15) is 45.7 Å². The van der Waals surface area contributed by atoms with Gasteiger partial charge in [0.15, 0.2) is 0 Å². The first-order chi connectivity index (χ1) is 13.1. The molecule has 6 nitrogen and oxygen atoms in total. The third-order valence-corrected chi connectivity index (χ3v) is 5.80. The highest BCUT2D eigenvalue weighted by Gasteiger charge is 2.24. The molecule has 1 atom stereocenters. The molecule has 2 aromatic rings. The van der Waals surface area contributed by atoms with Gasteiger partial charge in [-0.15, -0.1) is 0 Å². The molecule has 2 rings (SSSR count). The summed E-state index contributed by atoms with van der Waals surface area (Å²) in [5.41, 5.74) is 1.27. The zero-order chi connectivity index (χ0) is 20.8. The van der Waals surface area contributed by atoms with Gasteiger partial charge in [-0.2, -0.15) is 0 Å². The summed E-state index contributed by atoms with van der Waals surface area (Å²) in [6, 6.07) is 16.2. The van der Waals surface area contributed by atoms with Crippen LogP contribution in [0.25, 0.3) is 0 Å². The third kappa shape index (κ3) is 6.44. The molecule has 0 radical (unpaired) electrons. The molecule has 28 heavy (non-hydrogen) atoms. The summed E-state index contributed by atoms with van der Waals surface area (Å²) in [6.07, 6.45) is 0.366. The Morgan fingerprint density at radius 3 is 2.21 bits per heavy atom. The van der Waals surface area contributed by atoms with E-state index >= 15 is 0 Å². The molecule has 0 fully saturated rings. The first-order valence-corrected chi connectivity index (χ1v) is 10.8. The summed E-state index contributed by atoms with van der Waals surface area (Å²) < 4.78 is 27.9. The van der Waals surface area contributed by atoms with Crippen molar-refractivity contribution in [3.05, 3.63) is 60.2 Å². The van der Waals surface area contributed by atoms with Crippen LogP contribution in [0, 0.1) is 0 Å². The highest BCUT2D eigenvalue weighted by Crippen LogP contribution is 2.18. The van der Waals surface area contributed by atoms with E-state index in [1.165, 1.54) is 12.1 Å². The maximum Gasteiger partial charge on any atom is 0.240 e. The molecule has 0 spiro atoms. The minimum atomic E-state index is -3.65. The molecule has 0 heterocycles. The summed E-state index contributed by atoms with van der Waals surface area (Å²) in [7, 11) is -3.65. The van der Waals surface area contributed by atoms with Gasteiger partial charge >= 0.3 is 0 Å². The molecule has 152 valence electrons. The van der Waals surface area contributed by atoms with Gasteiger partial charge in [0.2, 0.25) is 15.9 Å². The lowest BCUT2D eigenvalue weighted by atomic mass is 10.0. The van der Waals surface area contributed by atoms with Crippen LogP contribution in [0.15, 0.2) is 59.5 Å². The smallest absolute Gasteiger partial charge is 0.240 e. The van der Waals surface area contributed by atoms with E-state index in [0.29, 0.717) is 12.1 Å². The van der Waals surface area contributed by atoms with Gasteiger partial charge in [0.25, 0.3) is 0 Å². The molecule has 2 aromatic carbocycles. The average Bonchev–Trinajstić information content (AvgIpc) is 2.67. The Hall–Kier alpha value is -2.22. The lowest BCUT2D eigenvalue weighted by Gasteiger charge is -2.30. The molecule has 0 aromatic heterocycles. The van der Waals surface area contributed by atoms with Crippen molar-refractivity contribution in [3.8, 4) is 0 Å². The molecular formula is C21H29N3O3S. The van der Waals surface area contributed by atoms with Crippen molar-refractivity contribution in [2.75, 3.05) is 11.9 Å². The van der Waals surface area contributed by atoms with Crippen molar-refractivity contribution in [3.63, 3.8) is 0 Å². The van der Waals surface area contributed by atoms with Gasteiger partial charge < -0.3 is 10.6 Å². The summed E-state index contributed by atoms with van der Waals surface area (Å²) in [6.45, 7) is 7.96. The van der Waals surface area contributed by atoms with Crippen LogP contribution in [-0.2, 0) is 14.8 Å². The predicted octanol–water partition coefficient (Wildman–Crippen LogP) is 3.44. The highest BCUT2D eigenvalue weighted by atomic mass is 32.2. The van der Waals surface area contributed by atoms with E-state index in [-0.39, 0.29) is 23.4 Å². The topological polar surface area (TPSA) is 87.3 Å². The zero-order valence-electron chi connectivity index (χ0n) is 16.8. The second-order valence-electron chi connectivity index (χ2n) is 7.41. The molecular weight excluding hydrogens is 374 g/mol. The minimum Gasteiger partial charge on any atom is -0.326 e. The average molecular weight is 404 g/mol. The molecule has 0 aliphatic heterocycles. The van der Waals surface area contributed by atoms with Gasteiger partial charge in [0.1, 0.15) is 0 Å². The Morgan fingerprint density at radius 2 is 1.64 bits per heavy atom. The number of anilines is 1. The first kappa shape index (κ1) is 22.1. The van der Waals surface area contributed by atoms with Crippen LogP contribution in [0.2, 0.25) is 0 Å². The number of hydrogen-bond acceptors (Lipinski definition) is 4. The Morgan fingerprint density at radius 1 is 1.04 bits per heavy atom. The van der Waals surface area contributed by atoms with Crippen molar-refractivity contribution in [1.29, 1.82) is 0 Å². The number of hydrogen-bond donors (Lipinski definition) is 3. The fraction of sp³-hybridized carbons (Fsp3) is 0.381. The number of amides is 1.